The number of nitrogens with zero attached hydrogens (tertiary/aromatic N) is 1. The minimum atomic E-state index is -0.512. The second kappa shape index (κ2) is 6.15. The van der Waals surface area contributed by atoms with Crippen LogP contribution in [0, 0.1) is 0 Å². The second-order valence-electron chi connectivity index (χ2n) is 7.49. The van der Waals surface area contributed by atoms with Crippen molar-refractivity contribution in [3.05, 3.63) is 64.3 Å². The predicted octanol–water partition coefficient (Wildman–Crippen LogP) is 5.27. The lowest BCUT2D eigenvalue weighted by Crippen LogP contribution is -2.23. The van der Waals surface area contributed by atoms with Gasteiger partial charge < -0.3 is 14.0 Å². The lowest BCUT2D eigenvalue weighted by Gasteiger charge is -2.19. The van der Waals surface area contributed by atoms with E-state index >= 15 is 0 Å². The van der Waals surface area contributed by atoms with E-state index in [0.717, 1.165) is 22.2 Å². The second-order valence-corrected chi connectivity index (χ2v) is 7.89. The topological polar surface area (TPSA) is 40.5 Å². The lowest BCUT2D eigenvalue weighted by molar-refractivity contribution is 0.00695. The third kappa shape index (κ3) is 3.00. The molecule has 0 unspecified atom stereocenters. The van der Waals surface area contributed by atoms with Crippen LogP contribution in [0.5, 0.6) is 0 Å². The Kier molecular flexibility index (Phi) is 4.05. The normalized spacial score (nSPS) is 13.8. The Bertz CT molecular complexity index is 997. The van der Waals surface area contributed by atoms with Crippen LogP contribution in [0.2, 0.25) is 5.02 Å². The first-order valence-corrected chi connectivity index (χ1v) is 8.94. The Morgan fingerprint density at radius 2 is 1.85 bits per heavy atom. The summed E-state index contributed by atoms with van der Waals surface area (Å²) in [5.41, 5.74) is 4.34. The van der Waals surface area contributed by atoms with Crippen molar-refractivity contribution in [1.82, 2.24) is 4.57 Å². The standard InChI is InChI=1S/C21H20ClNO3/c1-21(2,3)26-20(24)13-4-7-15(8-5-13)23-10-17(22)19-16-12-25-11-14(16)6-9-18(19)23/h4-10H,11-12H2,1-3H3. The van der Waals surface area contributed by atoms with E-state index in [-0.39, 0.29) is 5.97 Å². The average Bonchev–Trinajstić information content (AvgIpc) is 3.17. The van der Waals surface area contributed by atoms with Crippen LogP contribution in [-0.4, -0.2) is 16.1 Å². The molecule has 2 heterocycles. The number of fused-ring (bicyclic) bond motifs is 3. The number of hydrogen-bond donors (Lipinski definition) is 0. The van der Waals surface area contributed by atoms with Gasteiger partial charge >= 0.3 is 5.97 Å². The molecule has 0 saturated heterocycles. The molecular weight excluding hydrogens is 350 g/mol. The van der Waals surface area contributed by atoms with Crippen LogP contribution in [0.25, 0.3) is 16.6 Å². The predicted molar refractivity (Wildman–Crippen MR) is 102 cm³/mol. The Labute approximate surface area is 157 Å². The van der Waals surface area contributed by atoms with E-state index in [4.69, 9.17) is 21.1 Å². The maximum Gasteiger partial charge on any atom is 0.338 e. The molecule has 134 valence electrons. The number of carbonyl (C=O) groups is 1. The van der Waals surface area contributed by atoms with Crippen molar-refractivity contribution >= 4 is 28.5 Å². The Morgan fingerprint density at radius 1 is 1.12 bits per heavy atom. The van der Waals surface area contributed by atoms with Crippen molar-refractivity contribution in [2.75, 3.05) is 0 Å². The number of carbonyl (C=O) groups excluding carboxylic acids is 1. The quantitative estimate of drug-likeness (QED) is 0.578. The molecule has 4 nitrogen and oxygen atoms in total. The fourth-order valence-electron chi connectivity index (χ4n) is 3.27. The van der Waals surface area contributed by atoms with Crippen molar-refractivity contribution in [3.63, 3.8) is 0 Å². The average molecular weight is 370 g/mol. The highest BCUT2D eigenvalue weighted by atomic mass is 35.5. The number of rotatable bonds is 2. The van der Waals surface area contributed by atoms with E-state index in [0.29, 0.717) is 23.8 Å². The van der Waals surface area contributed by atoms with Gasteiger partial charge in [-0.2, -0.15) is 0 Å². The minimum absolute atomic E-state index is 0.325. The first-order chi connectivity index (χ1) is 12.3. The number of esters is 1. The highest BCUT2D eigenvalue weighted by Gasteiger charge is 2.20. The van der Waals surface area contributed by atoms with Gasteiger partial charge in [0.2, 0.25) is 0 Å². The summed E-state index contributed by atoms with van der Waals surface area (Å²) >= 11 is 6.52. The SMILES string of the molecule is CC(C)(C)OC(=O)c1ccc(-n2cc(Cl)c3c4c(ccc32)COC4)cc1. The molecule has 5 heteroatoms. The van der Waals surface area contributed by atoms with Crippen LogP contribution in [-0.2, 0) is 22.7 Å². The number of aromatic nitrogens is 1. The summed E-state index contributed by atoms with van der Waals surface area (Å²) in [7, 11) is 0. The Balaban J connectivity index is 1.72. The van der Waals surface area contributed by atoms with Crippen LogP contribution in [0.4, 0.5) is 0 Å². The monoisotopic (exact) mass is 369 g/mol. The number of halogens is 1. The molecule has 2 aromatic carbocycles. The van der Waals surface area contributed by atoms with Gasteiger partial charge in [0.1, 0.15) is 5.60 Å². The molecule has 0 atom stereocenters. The third-order valence-corrected chi connectivity index (χ3v) is 4.70. The van der Waals surface area contributed by atoms with E-state index in [1.807, 2.05) is 43.7 Å². The number of benzene rings is 2. The molecule has 1 aliphatic heterocycles. The van der Waals surface area contributed by atoms with Gasteiger partial charge in [0.15, 0.2) is 0 Å². The van der Waals surface area contributed by atoms with E-state index in [1.54, 1.807) is 12.1 Å². The zero-order valence-corrected chi connectivity index (χ0v) is 15.8. The van der Waals surface area contributed by atoms with Gasteiger partial charge in [-0.15, -0.1) is 0 Å². The maximum absolute atomic E-state index is 12.2. The molecule has 4 rings (SSSR count). The highest BCUT2D eigenvalue weighted by molar-refractivity contribution is 6.36. The number of ether oxygens (including phenoxy) is 2. The van der Waals surface area contributed by atoms with Crippen molar-refractivity contribution in [2.24, 2.45) is 0 Å². The lowest BCUT2D eigenvalue weighted by atomic mass is 10.1. The largest absolute Gasteiger partial charge is 0.456 e. The molecule has 0 bridgehead atoms. The fourth-order valence-corrected chi connectivity index (χ4v) is 3.57. The molecule has 0 spiro atoms. The van der Waals surface area contributed by atoms with E-state index < -0.39 is 5.60 Å². The summed E-state index contributed by atoms with van der Waals surface area (Å²) in [5.74, 6) is -0.325. The molecule has 0 aliphatic carbocycles. The van der Waals surface area contributed by atoms with Gasteiger partial charge in [-0.3, -0.25) is 0 Å². The molecule has 1 aliphatic rings. The Morgan fingerprint density at radius 3 is 2.54 bits per heavy atom. The molecule has 0 radical (unpaired) electrons. The van der Waals surface area contributed by atoms with Crippen LogP contribution in [0.3, 0.4) is 0 Å². The molecule has 0 saturated carbocycles. The van der Waals surface area contributed by atoms with Crippen molar-refractivity contribution < 1.29 is 14.3 Å². The molecule has 0 amide bonds. The van der Waals surface area contributed by atoms with Crippen molar-refractivity contribution in [2.45, 2.75) is 39.6 Å². The van der Waals surface area contributed by atoms with Crippen LogP contribution < -0.4 is 0 Å². The summed E-state index contributed by atoms with van der Waals surface area (Å²) in [4.78, 5) is 12.2. The summed E-state index contributed by atoms with van der Waals surface area (Å²) in [5, 5.41) is 1.75. The van der Waals surface area contributed by atoms with Crippen LogP contribution >= 0.6 is 11.6 Å². The molecule has 26 heavy (non-hydrogen) atoms. The van der Waals surface area contributed by atoms with Gasteiger partial charge in [-0.1, -0.05) is 17.7 Å². The van der Waals surface area contributed by atoms with Crippen molar-refractivity contribution in [3.8, 4) is 5.69 Å². The van der Waals surface area contributed by atoms with Crippen molar-refractivity contribution in [1.29, 1.82) is 0 Å². The molecule has 1 aromatic heterocycles. The number of hydrogen-bond acceptors (Lipinski definition) is 3. The highest BCUT2D eigenvalue weighted by Crippen LogP contribution is 2.36. The zero-order valence-electron chi connectivity index (χ0n) is 15.0. The van der Waals surface area contributed by atoms with Crippen LogP contribution in [0.1, 0.15) is 42.3 Å². The van der Waals surface area contributed by atoms with Gasteiger partial charge in [0.05, 0.1) is 29.3 Å². The summed E-state index contributed by atoms with van der Waals surface area (Å²) in [6.45, 7) is 6.80. The van der Waals surface area contributed by atoms with Gasteiger partial charge in [-0.25, -0.2) is 4.79 Å². The molecular formula is C21H20ClNO3. The van der Waals surface area contributed by atoms with E-state index in [9.17, 15) is 4.79 Å². The molecule has 3 aromatic rings. The summed E-state index contributed by atoms with van der Waals surface area (Å²) < 4.78 is 13.0. The van der Waals surface area contributed by atoms with E-state index in [1.165, 1.54) is 5.56 Å². The third-order valence-electron chi connectivity index (χ3n) is 4.41. The van der Waals surface area contributed by atoms with Gasteiger partial charge in [0.25, 0.3) is 0 Å². The van der Waals surface area contributed by atoms with Crippen LogP contribution in [0.15, 0.2) is 42.6 Å². The zero-order chi connectivity index (χ0) is 18.5. The fraction of sp³-hybridized carbons (Fsp3) is 0.286. The summed E-state index contributed by atoms with van der Waals surface area (Å²) in [6.07, 6.45) is 1.91. The van der Waals surface area contributed by atoms with E-state index in [2.05, 4.69) is 12.1 Å². The first-order valence-electron chi connectivity index (χ1n) is 8.56. The minimum Gasteiger partial charge on any atom is -0.456 e. The summed E-state index contributed by atoms with van der Waals surface area (Å²) in [6, 6.07) is 11.5. The smallest absolute Gasteiger partial charge is 0.338 e. The first kappa shape index (κ1) is 17.1. The maximum atomic E-state index is 12.2. The Hall–Kier alpha value is -2.30. The van der Waals surface area contributed by atoms with Gasteiger partial charge in [0, 0.05) is 17.3 Å². The van der Waals surface area contributed by atoms with Gasteiger partial charge in [-0.05, 0) is 62.2 Å². The molecule has 0 N–H and O–H groups in total. The molecule has 0 fully saturated rings.